The van der Waals surface area contributed by atoms with E-state index in [1.54, 1.807) is 13.0 Å². The summed E-state index contributed by atoms with van der Waals surface area (Å²) in [6.45, 7) is 1.54. The molecule has 0 radical (unpaired) electrons. The molecule has 2 aliphatic carbocycles. The van der Waals surface area contributed by atoms with Crippen LogP contribution in [0.4, 0.5) is 9.59 Å². The molecule has 5 aromatic rings. The number of cyclic esters (lactones) is 1. The average molecular weight is 809 g/mol. The van der Waals surface area contributed by atoms with Gasteiger partial charge in [-0.1, -0.05) is 103 Å². The molecule has 0 aromatic heterocycles. The van der Waals surface area contributed by atoms with E-state index in [1.807, 2.05) is 97.1 Å². The van der Waals surface area contributed by atoms with Crippen LogP contribution in [0, 0.1) is 0 Å². The van der Waals surface area contributed by atoms with Gasteiger partial charge in [-0.3, -0.25) is 4.79 Å². The highest BCUT2D eigenvalue weighted by Gasteiger charge is 2.37. The number of methoxy groups -OCH3 is 1. The lowest BCUT2D eigenvalue weighted by molar-refractivity contribution is -0.132. The number of carbonyl (C=O) groups is 4. The molecule has 3 unspecified atom stereocenters. The number of rotatable bonds is 7. The normalized spacial score (nSPS) is 18.7. The molecule has 60 heavy (non-hydrogen) atoms. The maximum atomic E-state index is 14.0. The Hall–Kier alpha value is -6.88. The molecule has 11 heteroatoms. The van der Waals surface area contributed by atoms with E-state index >= 15 is 0 Å². The first-order chi connectivity index (χ1) is 29.2. The number of carbonyl (C=O) groups excluding carboxylic acids is 4. The molecule has 0 saturated carbocycles. The number of ketones is 1. The van der Waals surface area contributed by atoms with E-state index < -0.39 is 42.4 Å². The van der Waals surface area contributed by atoms with Crippen LogP contribution in [0.5, 0.6) is 11.5 Å². The molecule has 0 bridgehead atoms. The Bertz CT molecular complexity index is 2380. The summed E-state index contributed by atoms with van der Waals surface area (Å²) in [6.07, 6.45) is -2.70. The fourth-order valence-corrected chi connectivity index (χ4v) is 8.53. The van der Waals surface area contributed by atoms with Crippen molar-refractivity contribution in [1.29, 1.82) is 0 Å². The molecular formula is C49H44O11. The van der Waals surface area contributed by atoms with Crippen LogP contribution < -0.4 is 4.74 Å². The van der Waals surface area contributed by atoms with E-state index in [1.165, 1.54) is 25.3 Å². The lowest BCUT2D eigenvalue weighted by Crippen LogP contribution is -2.41. The minimum Gasteiger partial charge on any atom is -0.507 e. The Morgan fingerprint density at radius 1 is 0.717 bits per heavy atom. The highest BCUT2D eigenvalue weighted by atomic mass is 16.8. The highest BCUT2D eigenvalue weighted by molar-refractivity contribution is 5.96. The summed E-state index contributed by atoms with van der Waals surface area (Å²) in [5.74, 6) is -1.94. The summed E-state index contributed by atoms with van der Waals surface area (Å²) in [6, 6.07) is 34.6. The van der Waals surface area contributed by atoms with Crippen LogP contribution in [0.1, 0.15) is 76.2 Å². The van der Waals surface area contributed by atoms with Crippen LogP contribution in [0.15, 0.2) is 121 Å². The average Bonchev–Trinajstić information content (AvgIpc) is 3.75. The SMILES string of the molecule is COc1cc(O)c2c(c1)CCCC(OC(=O)OCC1c3ccccc3-c3ccccc31)C(OC(=O)OCC1c3ccccc3-c3ccccc31)C(=O)C=CCC(C)OC2=O. The van der Waals surface area contributed by atoms with Gasteiger partial charge in [-0.25, -0.2) is 14.4 Å². The monoisotopic (exact) mass is 808 g/mol. The number of phenols is 1. The van der Waals surface area contributed by atoms with Crippen molar-refractivity contribution in [3.05, 3.63) is 155 Å². The second-order valence-corrected chi connectivity index (χ2v) is 15.1. The number of benzene rings is 5. The first kappa shape index (κ1) is 39.9. The molecule has 3 atom stereocenters. The third-order valence-corrected chi connectivity index (χ3v) is 11.4. The van der Waals surface area contributed by atoms with Gasteiger partial charge in [-0.2, -0.15) is 0 Å². The van der Waals surface area contributed by atoms with Gasteiger partial charge in [0, 0.05) is 24.3 Å². The Kier molecular flexibility index (Phi) is 11.7. The molecule has 3 aliphatic rings. The second kappa shape index (κ2) is 17.5. The van der Waals surface area contributed by atoms with Gasteiger partial charge in [0.1, 0.15) is 42.5 Å². The lowest BCUT2D eigenvalue weighted by atomic mass is 9.96. The molecule has 306 valence electrons. The molecule has 0 saturated heterocycles. The number of hydrogen-bond donors (Lipinski definition) is 1. The molecule has 5 aromatic carbocycles. The van der Waals surface area contributed by atoms with Crippen molar-refractivity contribution in [3.8, 4) is 33.8 Å². The van der Waals surface area contributed by atoms with E-state index in [9.17, 15) is 24.3 Å². The predicted octanol–water partition coefficient (Wildman–Crippen LogP) is 9.47. The molecule has 1 N–H and O–H groups in total. The summed E-state index contributed by atoms with van der Waals surface area (Å²) >= 11 is 0. The summed E-state index contributed by atoms with van der Waals surface area (Å²) in [4.78, 5) is 54.7. The second-order valence-electron chi connectivity index (χ2n) is 15.1. The topological polar surface area (TPSA) is 144 Å². The van der Waals surface area contributed by atoms with Crippen molar-refractivity contribution < 1.29 is 52.7 Å². The number of fused-ring (bicyclic) bond motifs is 7. The van der Waals surface area contributed by atoms with E-state index in [0.717, 1.165) is 44.5 Å². The molecular weight excluding hydrogens is 765 g/mol. The zero-order chi connectivity index (χ0) is 41.8. The van der Waals surface area contributed by atoms with Crippen molar-refractivity contribution in [3.63, 3.8) is 0 Å². The van der Waals surface area contributed by atoms with Crippen LogP contribution >= 0.6 is 0 Å². The Morgan fingerprint density at radius 3 is 1.73 bits per heavy atom. The van der Waals surface area contributed by atoms with Gasteiger partial charge in [0.05, 0.1) is 7.11 Å². The summed E-state index contributed by atoms with van der Waals surface area (Å²) in [5.41, 5.74) is 8.59. The van der Waals surface area contributed by atoms with Crippen molar-refractivity contribution in [1.82, 2.24) is 0 Å². The number of esters is 1. The van der Waals surface area contributed by atoms with Gasteiger partial charge in [0.15, 0.2) is 5.78 Å². The Labute approximate surface area is 347 Å². The minimum atomic E-state index is -1.63. The zero-order valence-corrected chi connectivity index (χ0v) is 33.2. The third-order valence-electron chi connectivity index (χ3n) is 11.4. The molecule has 11 nitrogen and oxygen atoms in total. The van der Waals surface area contributed by atoms with Crippen LogP contribution in [0.3, 0.4) is 0 Å². The number of aromatic hydroxyl groups is 1. The first-order valence-electron chi connectivity index (χ1n) is 20.0. The maximum absolute atomic E-state index is 14.0. The first-order valence-corrected chi connectivity index (χ1v) is 20.0. The van der Waals surface area contributed by atoms with Crippen molar-refractivity contribution in [2.24, 2.45) is 0 Å². The molecule has 1 aliphatic heterocycles. The van der Waals surface area contributed by atoms with E-state index in [-0.39, 0.29) is 62.0 Å². The predicted molar refractivity (Wildman–Crippen MR) is 221 cm³/mol. The van der Waals surface area contributed by atoms with Crippen LogP contribution in [-0.2, 0) is 34.9 Å². The lowest BCUT2D eigenvalue weighted by Gasteiger charge is -2.26. The highest BCUT2D eigenvalue weighted by Crippen LogP contribution is 2.46. The van der Waals surface area contributed by atoms with Gasteiger partial charge >= 0.3 is 18.3 Å². The Balaban J connectivity index is 1.05. The van der Waals surface area contributed by atoms with E-state index in [2.05, 4.69) is 0 Å². The summed E-state index contributed by atoms with van der Waals surface area (Å²) < 4.78 is 34.2. The Morgan fingerprint density at radius 2 is 1.22 bits per heavy atom. The van der Waals surface area contributed by atoms with Crippen molar-refractivity contribution in [2.75, 3.05) is 20.3 Å². The summed E-state index contributed by atoms with van der Waals surface area (Å²) in [7, 11) is 1.44. The quantitative estimate of drug-likeness (QED) is 0.124. The largest absolute Gasteiger partial charge is 0.509 e. The van der Waals surface area contributed by atoms with Gasteiger partial charge in [-0.05, 0) is 88.4 Å². The minimum absolute atomic E-state index is 0.0199. The molecule has 8 rings (SSSR count). The molecule has 0 amide bonds. The number of ether oxygens (including phenoxy) is 6. The van der Waals surface area contributed by atoms with Gasteiger partial charge in [-0.15, -0.1) is 0 Å². The van der Waals surface area contributed by atoms with E-state index in [0.29, 0.717) is 11.3 Å². The molecule has 0 spiro atoms. The van der Waals surface area contributed by atoms with Crippen molar-refractivity contribution in [2.45, 2.75) is 62.8 Å². The summed E-state index contributed by atoms with van der Waals surface area (Å²) in [5, 5.41) is 10.9. The maximum Gasteiger partial charge on any atom is 0.509 e. The van der Waals surface area contributed by atoms with Crippen LogP contribution in [0.2, 0.25) is 0 Å². The van der Waals surface area contributed by atoms with Crippen LogP contribution in [0.25, 0.3) is 22.3 Å². The van der Waals surface area contributed by atoms with Gasteiger partial charge in [0.25, 0.3) is 0 Å². The van der Waals surface area contributed by atoms with Gasteiger partial charge < -0.3 is 33.5 Å². The van der Waals surface area contributed by atoms with Crippen LogP contribution in [-0.4, -0.2) is 67.8 Å². The van der Waals surface area contributed by atoms with E-state index in [4.69, 9.17) is 28.4 Å². The standard InChI is InChI=1S/C49H44O11/c1-29-13-11-23-42(50)46(60-49(54)57-28-41-38-21-9-5-17-34(38)35-18-6-10-22-39(35)41)44(24-12-14-30-25-31(55-2)26-43(51)45(30)47(52)58-29)59-48(53)56-27-40-36-19-7-3-15-32(36)33-16-4-8-20-37(33)40/h3-11,15-23,25-26,29,40-41,44,46,51H,12-14,24,27-28H2,1-2H3. The molecule has 0 fully saturated rings. The molecule has 1 heterocycles. The fourth-order valence-electron chi connectivity index (χ4n) is 8.53. The third kappa shape index (κ3) is 8.20. The number of aryl methyl sites for hydroxylation is 1. The smallest absolute Gasteiger partial charge is 0.507 e. The van der Waals surface area contributed by atoms with Gasteiger partial charge in [0.2, 0.25) is 6.10 Å². The number of hydrogen-bond acceptors (Lipinski definition) is 11. The number of phenolic OH excluding ortho intramolecular Hbond substituents is 1. The fraction of sp³-hybridized carbons (Fsp3) is 0.265. The zero-order valence-electron chi connectivity index (χ0n) is 33.2. The van der Waals surface area contributed by atoms with Crippen molar-refractivity contribution >= 4 is 24.1 Å².